The summed E-state index contributed by atoms with van der Waals surface area (Å²) in [6, 6.07) is 5.31. The molecule has 1 aromatic carbocycles. The van der Waals surface area contributed by atoms with Crippen LogP contribution in [0.4, 0.5) is 4.79 Å². The van der Waals surface area contributed by atoms with Crippen molar-refractivity contribution in [3.8, 4) is 0 Å². The number of benzene rings is 1. The van der Waals surface area contributed by atoms with E-state index in [1.807, 2.05) is 26.8 Å². The zero-order valence-electron chi connectivity index (χ0n) is 17.5. The fourth-order valence-electron chi connectivity index (χ4n) is 3.57. The Bertz CT molecular complexity index is 976. The first kappa shape index (κ1) is 23.8. The third-order valence-corrected chi connectivity index (χ3v) is 6.94. The van der Waals surface area contributed by atoms with Gasteiger partial charge in [-0.2, -0.15) is 0 Å². The Kier molecular flexibility index (Phi) is 7.15. The smallest absolute Gasteiger partial charge is 0.407 e. The molecule has 2 aromatic rings. The molecule has 1 saturated heterocycles. The van der Waals surface area contributed by atoms with Crippen LogP contribution >= 0.6 is 34.5 Å². The van der Waals surface area contributed by atoms with Gasteiger partial charge in [0.05, 0.1) is 33.8 Å². The number of nitrogens with two attached hydrogens (primary N) is 1. The molecule has 1 unspecified atom stereocenters. The van der Waals surface area contributed by atoms with Gasteiger partial charge in [0.25, 0.3) is 5.91 Å². The number of rotatable bonds is 4. The van der Waals surface area contributed by atoms with Crippen molar-refractivity contribution in [1.82, 2.24) is 9.88 Å². The first-order valence-corrected chi connectivity index (χ1v) is 11.4. The Balaban J connectivity index is 2.02. The maximum absolute atomic E-state index is 12.0. The number of primary amides is 1. The molecule has 1 fully saturated rings. The van der Waals surface area contributed by atoms with Crippen molar-refractivity contribution >= 4 is 46.5 Å². The Labute approximate surface area is 195 Å². The molecule has 2 heterocycles. The molecule has 0 bridgehead atoms. The number of carboxylic acid groups (broad SMARTS) is 1. The van der Waals surface area contributed by atoms with Gasteiger partial charge < -0.3 is 20.5 Å². The van der Waals surface area contributed by atoms with Crippen molar-refractivity contribution in [1.29, 1.82) is 0 Å². The van der Waals surface area contributed by atoms with Crippen LogP contribution in [-0.2, 0) is 11.2 Å². The van der Waals surface area contributed by atoms with Crippen molar-refractivity contribution in [2.75, 3.05) is 13.1 Å². The molecule has 0 radical (unpaired) electrons. The number of carbonyl (C=O) groups is 2. The average molecular weight is 486 g/mol. The highest BCUT2D eigenvalue weighted by atomic mass is 35.5. The molecule has 0 spiro atoms. The lowest BCUT2D eigenvalue weighted by molar-refractivity contribution is -0.0768. The third-order valence-electron chi connectivity index (χ3n) is 5.33. The van der Waals surface area contributed by atoms with E-state index in [4.69, 9.17) is 33.7 Å². The first-order valence-electron chi connectivity index (χ1n) is 9.78. The predicted molar refractivity (Wildman–Crippen MR) is 121 cm³/mol. The summed E-state index contributed by atoms with van der Waals surface area (Å²) in [6.45, 7) is 6.55. The highest BCUT2D eigenvalue weighted by Gasteiger charge is 2.40. The Morgan fingerprint density at radius 2 is 2.00 bits per heavy atom. The van der Waals surface area contributed by atoms with Crippen LogP contribution in [0, 0.1) is 11.3 Å². The summed E-state index contributed by atoms with van der Waals surface area (Å²) in [5.74, 6) is -0.854. The van der Waals surface area contributed by atoms with E-state index in [2.05, 4.69) is 4.98 Å². The number of carbonyl (C=O) groups excluding carboxylic acids is 1. The van der Waals surface area contributed by atoms with E-state index in [-0.39, 0.29) is 36.2 Å². The van der Waals surface area contributed by atoms with Crippen molar-refractivity contribution in [2.24, 2.45) is 17.1 Å². The monoisotopic (exact) mass is 485 g/mol. The number of hydrogen-bond donors (Lipinski definition) is 2. The Hall–Kier alpha value is -1.87. The van der Waals surface area contributed by atoms with Gasteiger partial charge in [0.2, 0.25) is 0 Å². The lowest BCUT2D eigenvalue weighted by atomic mass is 9.88. The topological polar surface area (TPSA) is 106 Å². The molecule has 3 N–H and O–H groups in total. The minimum absolute atomic E-state index is 0.197. The lowest BCUT2D eigenvalue weighted by Crippen LogP contribution is -2.42. The van der Waals surface area contributed by atoms with Gasteiger partial charge in [-0.25, -0.2) is 9.78 Å². The molecule has 0 aliphatic carbocycles. The standard InChI is InChI=1S/C21H25Cl2N3O4S/c1-21(2,3)16-9-26(20(28)29)8-12(7-17-25-15(10-31-17)19(24)27)18(30-16)11-4-5-13(22)14(23)6-11/h4-6,10,12,16,18H,7-9H2,1-3H3,(H2,24,27)(H,28,29)/t12-,16?,18+/m1/s1. The fraction of sp³-hybridized carbons (Fsp3) is 0.476. The molecule has 7 nitrogen and oxygen atoms in total. The van der Waals surface area contributed by atoms with E-state index in [1.165, 1.54) is 16.2 Å². The fourth-order valence-corrected chi connectivity index (χ4v) is 4.76. The maximum atomic E-state index is 12.0. The zero-order chi connectivity index (χ0) is 22.9. The van der Waals surface area contributed by atoms with Gasteiger partial charge in [0.1, 0.15) is 5.69 Å². The second-order valence-corrected chi connectivity index (χ2v) is 10.5. The van der Waals surface area contributed by atoms with Crippen LogP contribution in [0.2, 0.25) is 10.0 Å². The van der Waals surface area contributed by atoms with Crippen molar-refractivity contribution < 1.29 is 19.4 Å². The van der Waals surface area contributed by atoms with E-state index in [9.17, 15) is 14.7 Å². The normalized spacial score (nSPS) is 22.2. The maximum Gasteiger partial charge on any atom is 0.407 e. The average Bonchev–Trinajstić information content (AvgIpc) is 3.04. The SMILES string of the molecule is CC(C)(C)C1CN(C(=O)O)C[C@@H](Cc2nc(C(N)=O)cs2)[C@H](c2ccc(Cl)c(Cl)c2)O1. The number of aromatic nitrogens is 1. The summed E-state index contributed by atoms with van der Waals surface area (Å²) in [4.78, 5) is 29.1. The van der Waals surface area contributed by atoms with Crippen LogP contribution in [0.5, 0.6) is 0 Å². The molecule has 168 valence electrons. The molecule has 1 aliphatic heterocycles. The minimum atomic E-state index is -1.00. The van der Waals surface area contributed by atoms with Crippen LogP contribution in [0.1, 0.15) is 47.9 Å². The number of ether oxygens (including phenoxy) is 1. The molecule has 31 heavy (non-hydrogen) atoms. The van der Waals surface area contributed by atoms with Crippen LogP contribution in [0.15, 0.2) is 23.6 Å². The van der Waals surface area contributed by atoms with Gasteiger partial charge in [-0.05, 0) is 23.1 Å². The number of hydrogen-bond acceptors (Lipinski definition) is 5. The van der Waals surface area contributed by atoms with Gasteiger partial charge in [-0.3, -0.25) is 4.79 Å². The molecule has 3 rings (SSSR count). The summed E-state index contributed by atoms with van der Waals surface area (Å²) >= 11 is 13.7. The summed E-state index contributed by atoms with van der Waals surface area (Å²) < 4.78 is 6.55. The lowest BCUT2D eigenvalue weighted by Gasteiger charge is -2.34. The second-order valence-electron chi connectivity index (χ2n) is 8.73. The highest BCUT2D eigenvalue weighted by Crippen LogP contribution is 2.39. The summed E-state index contributed by atoms with van der Waals surface area (Å²) in [6.07, 6.45) is -1.37. The van der Waals surface area contributed by atoms with Gasteiger partial charge in [0, 0.05) is 24.3 Å². The van der Waals surface area contributed by atoms with E-state index >= 15 is 0 Å². The predicted octanol–water partition coefficient (Wildman–Crippen LogP) is 4.87. The van der Waals surface area contributed by atoms with Gasteiger partial charge >= 0.3 is 6.09 Å². The summed E-state index contributed by atoms with van der Waals surface area (Å²) in [7, 11) is 0. The number of halogens is 2. The quantitative estimate of drug-likeness (QED) is 0.641. The number of nitrogens with zero attached hydrogens (tertiary/aromatic N) is 2. The first-order chi connectivity index (χ1) is 14.5. The molecular weight excluding hydrogens is 461 g/mol. The highest BCUT2D eigenvalue weighted by molar-refractivity contribution is 7.09. The molecule has 10 heteroatoms. The molecule has 1 aromatic heterocycles. The Morgan fingerprint density at radius 1 is 1.29 bits per heavy atom. The summed E-state index contributed by atoms with van der Waals surface area (Å²) in [5, 5.41) is 12.9. The Morgan fingerprint density at radius 3 is 2.55 bits per heavy atom. The van der Waals surface area contributed by atoms with Crippen molar-refractivity contribution in [3.63, 3.8) is 0 Å². The second kappa shape index (κ2) is 9.32. The van der Waals surface area contributed by atoms with Crippen LogP contribution in [0.3, 0.4) is 0 Å². The minimum Gasteiger partial charge on any atom is -0.465 e. The largest absolute Gasteiger partial charge is 0.465 e. The van der Waals surface area contributed by atoms with E-state index in [0.29, 0.717) is 21.5 Å². The van der Waals surface area contributed by atoms with Crippen LogP contribution < -0.4 is 5.73 Å². The zero-order valence-corrected chi connectivity index (χ0v) is 19.8. The number of amides is 2. The molecule has 0 saturated carbocycles. The van der Waals surface area contributed by atoms with E-state index < -0.39 is 18.1 Å². The van der Waals surface area contributed by atoms with Crippen molar-refractivity contribution in [2.45, 2.75) is 39.4 Å². The molecule has 3 atom stereocenters. The third kappa shape index (κ3) is 5.68. The van der Waals surface area contributed by atoms with Gasteiger partial charge in [0.15, 0.2) is 0 Å². The molecular formula is C21H25Cl2N3O4S. The molecule has 2 amide bonds. The van der Waals surface area contributed by atoms with Crippen LogP contribution in [-0.4, -0.2) is 46.2 Å². The van der Waals surface area contributed by atoms with Gasteiger partial charge in [-0.1, -0.05) is 50.0 Å². The van der Waals surface area contributed by atoms with Crippen LogP contribution in [0.25, 0.3) is 0 Å². The van der Waals surface area contributed by atoms with Crippen molar-refractivity contribution in [3.05, 3.63) is 49.9 Å². The van der Waals surface area contributed by atoms with Gasteiger partial charge in [-0.15, -0.1) is 11.3 Å². The summed E-state index contributed by atoms with van der Waals surface area (Å²) in [5.41, 5.74) is 6.05. The van der Waals surface area contributed by atoms with E-state index in [0.717, 1.165) is 5.56 Å². The van der Waals surface area contributed by atoms with E-state index in [1.54, 1.807) is 17.5 Å². The number of thiazole rings is 1. The molecule has 1 aliphatic rings.